The van der Waals surface area contributed by atoms with E-state index in [1.807, 2.05) is 30.5 Å². The van der Waals surface area contributed by atoms with Gasteiger partial charge in [-0.2, -0.15) is 0 Å². The van der Waals surface area contributed by atoms with Crippen molar-refractivity contribution in [1.82, 2.24) is 4.98 Å². The summed E-state index contributed by atoms with van der Waals surface area (Å²) in [6.45, 7) is 6.68. The molecule has 1 N–H and O–H groups in total. The third kappa shape index (κ3) is 4.60. The Bertz CT molecular complexity index is 570. The Hall–Kier alpha value is -1.81. The number of anilines is 1. The number of aromatic nitrogens is 1. The molecular weight excluding hydrogens is 264 g/mol. The molecule has 0 atom stereocenters. The van der Waals surface area contributed by atoms with E-state index in [9.17, 15) is 0 Å². The van der Waals surface area contributed by atoms with E-state index in [1.165, 1.54) is 0 Å². The number of ether oxygens (including phenoxy) is 2. The SMILES string of the molecule is COc1ccc2c(NCCOCCC(C)C)nccc2c1. The fourth-order valence-electron chi connectivity index (χ4n) is 2.09. The van der Waals surface area contributed by atoms with Gasteiger partial charge in [-0.1, -0.05) is 13.8 Å². The van der Waals surface area contributed by atoms with Crippen LogP contribution in [0, 0.1) is 5.92 Å². The molecule has 2 rings (SSSR count). The van der Waals surface area contributed by atoms with Gasteiger partial charge in [0.2, 0.25) is 0 Å². The lowest BCUT2D eigenvalue weighted by Gasteiger charge is -2.10. The van der Waals surface area contributed by atoms with Gasteiger partial charge in [0.15, 0.2) is 0 Å². The van der Waals surface area contributed by atoms with Gasteiger partial charge >= 0.3 is 0 Å². The number of hydrogen-bond acceptors (Lipinski definition) is 4. The number of methoxy groups -OCH3 is 1. The van der Waals surface area contributed by atoms with Crippen molar-refractivity contribution in [2.45, 2.75) is 20.3 Å². The van der Waals surface area contributed by atoms with Gasteiger partial charge in [0, 0.05) is 24.7 Å². The second-order valence-corrected chi connectivity index (χ2v) is 5.47. The zero-order valence-electron chi connectivity index (χ0n) is 13.1. The van der Waals surface area contributed by atoms with E-state index in [4.69, 9.17) is 9.47 Å². The van der Waals surface area contributed by atoms with Gasteiger partial charge in [-0.05, 0) is 42.0 Å². The molecule has 4 heteroatoms. The number of nitrogens with one attached hydrogen (secondary N) is 1. The molecule has 0 amide bonds. The first-order valence-electron chi connectivity index (χ1n) is 7.45. The normalized spacial score (nSPS) is 11.0. The van der Waals surface area contributed by atoms with Crippen LogP contribution < -0.4 is 10.1 Å². The Labute approximate surface area is 126 Å². The van der Waals surface area contributed by atoms with Crippen LogP contribution in [-0.2, 0) is 4.74 Å². The predicted molar refractivity (Wildman–Crippen MR) is 87.1 cm³/mol. The number of hydrogen-bond donors (Lipinski definition) is 1. The molecule has 0 fully saturated rings. The standard InChI is InChI=1S/C17H24N2O2/c1-13(2)7-10-21-11-9-19-17-16-5-4-15(20-3)12-14(16)6-8-18-17/h4-6,8,12-13H,7,9-11H2,1-3H3,(H,18,19). The molecule has 0 spiro atoms. The van der Waals surface area contributed by atoms with Crippen molar-refractivity contribution >= 4 is 16.6 Å². The summed E-state index contributed by atoms with van der Waals surface area (Å²) in [6.07, 6.45) is 2.91. The van der Waals surface area contributed by atoms with Crippen LogP contribution in [0.5, 0.6) is 5.75 Å². The van der Waals surface area contributed by atoms with Crippen LogP contribution in [0.2, 0.25) is 0 Å². The molecule has 0 saturated heterocycles. The third-order valence-electron chi connectivity index (χ3n) is 3.35. The van der Waals surface area contributed by atoms with Crippen LogP contribution in [0.15, 0.2) is 30.5 Å². The predicted octanol–water partition coefficient (Wildman–Crippen LogP) is 3.72. The second kappa shape index (κ2) is 7.84. The smallest absolute Gasteiger partial charge is 0.133 e. The third-order valence-corrected chi connectivity index (χ3v) is 3.35. The fourth-order valence-corrected chi connectivity index (χ4v) is 2.09. The van der Waals surface area contributed by atoms with Crippen LogP contribution in [0.25, 0.3) is 10.8 Å². The van der Waals surface area contributed by atoms with E-state index in [1.54, 1.807) is 7.11 Å². The summed E-state index contributed by atoms with van der Waals surface area (Å²) in [4.78, 5) is 4.40. The van der Waals surface area contributed by atoms with Gasteiger partial charge in [-0.15, -0.1) is 0 Å². The maximum absolute atomic E-state index is 5.60. The lowest BCUT2D eigenvalue weighted by Crippen LogP contribution is -2.11. The zero-order valence-corrected chi connectivity index (χ0v) is 13.1. The fraction of sp³-hybridized carbons (Fsp3) is 0.471. The van der Waals surface area contributed by atoms with E-state index in [-0.39, 0.29) is 0 Å². The molecule has 0 aliphatic heterocycles. The molecule has 4 nitrogen and oxygen atoms in total. The number of fused-ring (bicyclic) bond motifs is 1. The highest BCUT2D eigenvalue weighted by Gasteiger charge is 2.03. The van der Waals surface area contributed by atoms with E-state index in [0.717, 1.165) is 41.9 Å². The van der Waals surface area contributed by atoms with E-state index in [2.05, 4.69) is 24.1 Å². The number of nitrogens with zero attached hydrogens (tertiary/aromatic N) is 1. The summed E-state index contributed by atoms with van der Waals surface area (Å²) in [6, 6.07) is 7.99. The molecule has 0 radical (unpaired) electrons. The van der Waals surface area contributed by atoms with Crippen molar-refractivity contribution in [1.29, 1.82) is 0 Å². The highest BCUT2D eigenvalue weighted by molar-refractivity contribution is 5.92. The summed E-state index contributed by atoms with van der Waals surface area (Å²) in [5.41, 5.74) is 0. The minimum Gasteiger partial charge on any atom is -0.497 e. The summed E-state index contributed by atoms with van der Waals surface area (Å²) < 4.78 is 10.9. The Kier molecular flexibility index (Phi) is 5.81. The van der Waals surface area contributed by atoms with Crippen LogP contribution in [-0.4, -0.2) is 31.9 Å². The topological polar surface area (TPSA) is 43.4 Å². The van der Waals surface area contributed by atoms with Gasteiger partial charge in [0.05, 0.1) is 13.7 Å². The highest BCUT2D eigenvalue weighted by atomic mass is 16.5. The molecule has 0 bridgehead atoms. The summed E-state index contributed by atoms with van der Waals surface area (Å²) in [7, 11) is 1.68. The Morgan fingerprint density at radius 2 is 2.05 bits per heavy atom. The molecule has 0 saturated carbocycles. The largest absolute Gasteiger partial charge is 0.497 e. The first-order valence-corrected chi connectivity index (χ1v) is 7.45. The lowest BCUT2D eigenvalue weighted by molar-refractivity contribution is 0.132. The van der Waals surface area contributed by atoms with Gasteiger partial charge in [0.1, 0.15) is 11.6 Å². The minimum absolute atomic E-state index is 0.688. The molecule has 114 valence electrons. The van der Waals surface area contributed by atoms with Gasteiger partial charge in [-0.3, -0.25) is 0 Å². The van der Waals surface area contributed by atoms with Crippen LogP contribution in [0.3, 0.4) is 0 Å². The average Bonchev–Trinajstić information content (AvgIpc) is 2.49. The highest BCUT2D eigenvalue weighted by Crippen LogP contribution is 2.25. The summed E-state index contributed by atoms with van der Waals surface area (Å²) >= 11 is 0. The maximum Gasteiger partial charge on any atom is 0.133 e. The van der Waals surface area contributed by atoms with Crippen LogP contribution in [0.1, 0.15) is 20.3 Å². The van der Waals surface area contributed by atoms with E-state index >= 15 is 0 Å². The Morgan fingerprint density at radius 1 is 1.19 bits per heavy atom. The van der Waals surface area contributed by atoms with Crippen molar-refractivity contribution in [3.63, 3.8) is 0 Å². The van der Waals surface area contributed by atoms with Gasteiger partial charge in [-0.25, -0.2) is 4.98 Å². The second-order valence-electron chi connectivity index (χ2n) is 5.47. The molecule has 1 aromatic heterocycles. The van der Waals surface area contributed by atoms with Gasteiger partial charge in [0.25, 0.3) is 0 Å². The number of rotatable bonds is 8. The van der Waals surface area contributed by atoms with Crippen molar-refractivity contribution in [2.75, 3.05) is 32.2 Å². The maximum atomic E-state index is 5.60. The van der Waals surface area contributed by atoms with Crippen molar-refractivity contribution in [3.8, 4) is 5.75 Å². The molecule has 21 heavy (non-hydrogen) atoms. The van der Waals surface area contributed by atoms with Gasteiger partial charge < -0.3 is 14.8 Å². The molecule has 1 heterocycles. The van der Waals surface area contributed by atoms with Crippen molar-refractivity contribution < 1.29 is 9.47 Å². The van der Waals surface area contributed by atoms with E-state index in [0.29, 0.717) is 12.5 Å². The molecule has 2 aromatic rings. The lowest BCUT2D eigenvalue weighted by atomic mass is 10.1. The molecule has 0 aliphatic rings. The van der Waals surface area contributed by atoms with Crippen LogP contribution >= 0.6 is 0 Å². The quantitative estimate of drug-likeness (QED) is 0.752. The van der Waals surface area contributed by atoms with Crippen molar-refractivity contribution in [3.05, 3.63) is 30.5 Å². The summed E-state index contributed by atoms with van der Waals surface area (Å²) in [5, 5.41) is 5.55. The minimum atomic E-state index is 0.688. The number of pyridine rings is 1. The molecule has 0 aliphatic carbocycles. The zero-order chi connectivity index (χ0) is 15.1. The molecular formula is C17H24N2O2. The monoisotopic (exact) mass is 288 g/mol. The van der Waals surface area contributed by atoms with Crippen LogP contribution in [0.4, 0.5) is 5.82 Å². The molecule has 1 aromatic carbocycles. The Balaban J connectivity index is 1.90. The average molecular weight is 288 g/mol. The number of benzene rings is 1. The molecule has 0 unspecified atom stereocenters. The van der Waals surface area contributed by atoms with Crippen molar-refractivity contribution in [2.24, 2.45) is 5.92 Å². The Morgan fingerprint density at radius 3 is 2.81 bits per heavy atom. The van der Waals surface area contributed by atoms with E-state index < -0.39 is 0 Å². The first kappa shape index (κ1) is 15.6. The summed E-state index contributed by atoms with van der Waals surface area (Å²) in [5.74, 6) is 2.44. The first-order chi connectivity index (χ1) is 10.2.